The molecule has 0 aliphatic carbocycles. The van der Waals surface area contributed by atoms with Gasteiger partial charge in [0.05, 0.1) is 7.11 Å². The van der Waals surface area contributed by atoms with E-state index in [0.717, 1.165) is 30.0 Å². The minimum Gasteiger partial charge on any atom is -0.496 e. The molecule has 124 valence electrons. The zero-order valence-corrected chi connectivity index (χ0v) is 14.7. The van der Waals surface area contributed by atoms with Gasteiger partial charge in [0.1, 0.15) is 5.75 Å². The number of allylic oxidation sites excluding steroid dienone is 1. The van der Waals surface area contributed by atoms with Crippen molar-refractivity contribution in [2.45, 2.75) is 27.2 Å². The first-order chi connectivity index (χ1) is 11.5. The van der Waals surface area contributed by atoms with Gasteiger partial charge in [0.2, 0.25) is 0 Å². The average Bonchev–Trinajstić information content (AvgIpc) is 2.96. The van der Waals surface area contributed by atoms with Crippen molar-refractivity contribution >= 4 is 17.7 Å². The van der Waals surface area contributed by atoms with Crippen LogP contribution in [0, 0.1) is 6.92 Å². The van der Waals surface area contributed by atoms with Gasteiger partial charge in [0.25, 0.3) is 5.91 Å². The van der Waals surface area contributed by atoms with Gasteiger partial charge in [0, 0.05) is 17.8 Å². The van der Waals surface area contributed by atoms with E-state index < -0.39 is 0 Å². The fraction of sp³-hybridized carbons (Fsp3) is 0.286. The summed E-state index contributed by atoms with van der Waals surface area (Å²) < 4.78 is 5.28. The second kappa shape index (κ2) is 6.52. The van der Waals surface area contributed by atoms with Crippen LogP contribution in [0.4, 0.5) is 5.69 Å². The number of carbonyl (C=O) groups is 1. The van der Waals surface area contributed by atoms with Gasteiger partial charge >= 0.3 is 0 Å². The smallest absolute Gasteiger partial charge is 0.258 e. The third kappa shape index (κ3) is 3.07. The molecule has 3 nitrogen and oxygen atoms in total. The van der Waals surface area contributed by atoms with Crippen LogP contribution in [0.25, 0.3) is 6.08 Å². The molecule has 2 aromatic rings. The molecule has 0 atom stereocenters. The van der Waals surface area contributed by atoms with Gasteiger partial charge in [0.15, 0.2) is 0 Å². The molecular weight excluding hydrogens is 298 g/mol. The molecule has 1 amide bonds. The number of aryl methyl sites for hydroxylation is 1. The van der Waals surface area contributed by atoms with Gasteiger partial charge in [-0.15, -0.1) is 0 Å². The summed E-state index contributed by atoms with van der Waals surface area (Å²) in [5, 5.41) is 0. The molecule has 2 aromatic carbocycles. The van der Waals surface area contributed by atoms with E-state index in [1.807, 2.05) is 30.0 Å². The first kappa shape index (κ1) is 16.3. The summed E-state index contributed by atoms with van der Waals surface area (Å²) in [6.07, 6.45) is 3.07. The van der Waals surface area contributed by atoms with Crippen LogP contribution in [0.5, 0.6) is 5.75 Å². The van der Waals surface area contributed by atoms with Gasteiger partial charge in [-0.1, -0.05) is 17.7 Å². The van der Waals surface area contributed by atoms with Gasteiger partial charge < -0.3 is 9.64 Å². The minimum absolute atomic E-state index is 0.0504. The van der Waals surface area contributed by atoms with E-state index in [-0.39, 0.29) is 5.91 Å². The van der Waals surface area contributed by atoms with E-state index in [1.54, 1.807) is 7.11 Å². The number of carbonyl (C=O) groups excluding carboxylic acids is 1. The van der Waals surface area contributed by atoms with E-state index in [0.29, 0.717) is 5.56 Å². The van der Waals surface area contributed by atoms with E-state index in [2.05, 4.69) is 38.1 Å². The van der Waals surface area contributed by atoms with Crippen LogP contribution >= 0.6 is 0 Å². The summed E-state index contributed by atoms with van der Waals surface area (Å²) in [6, 6.07) is 11.9. The predicted molar refractivity (Wildman–Crippen MR) is 98.9 cm³/mol. The number of amides is 1. The number of hydrogen-bond donors (Lipinski definition) is 0. The Morgan fingerprint density at radius 1 is 1.17 bits per heavy atom. The number of methoxy groups -OCH3 is 1. The van der Waals surface area contributed by atoms with Crippen LogP contribution in [-0.4, -0.2) is 19.6 Å². The van der Waals surface area contributed by atoms with E-state index in [1.165, 1.54) is 16.7 Å². The van der Waals surface area contributed by atoms with E-state index in [9.17, 15) is 4.79 Å². The average molecular weight is 321 g/mol. The van der Waals surface area contributed by atoms with Crippen molar-refractivity contribution in [1.29, 1.82) is 0 Å². The first-order valence-corrected chi connectivity index (χ1v) is 8.24. The Morgan fingerprint density at radius 3 is 2.62 bits per heavy atom. The third-order valence-electron chi connectivity index (χ3n) is 4.34. The van der Waals surface area contributed by atoms with Gasteiger partial charge in [-0.2, -0.15) is 0 Å². The molecule has 0 fully saturated rings. The van der Waals surface area contributed by atoms with Crippen LogP contribution in [-0.2, 0) is 6.42 Å². The van der Waals surface area contributed by atoms with E-state index >= 15 is 0 Å². The van der Waals surface area contributed by atoms with Gasteiger partial charge in [-0.25, -0.2) is 0 Å². The second-order valence-electron chi connectivity index (χ2n) is 6.50. The zero-order chi connectivity index (χ0) is 17.3. The Balaban J connectivity index is 1.89. The largest absolute Gasteiger partial charge is 0.496 e. The molecule has 0 radical (unpaired) electrons. The molecule has 3 rings (SSSR count). The van der Waals surface area contributed by atoms with Crippen molar-refractivity contribution in [2.75, 3.05) is 18.6 Å². The van der Waals surface area contributed by atoms with Crippen LogP contribution in [0.15, 0.2) is 42.0 Å². The topological polar surface area (TPSA) is 29.5 Å². The van der Waals surface area contributed by atoms with E-state index in [4.69, 9.17) is 4.74 Å². The molecule has 0 N–H and O–H groups in total. The van der Waals surface area contributed by atoms with Crippen molar-refractivity contribution in [3.63, 3.8) is 0 Å². The molecule has 3 heteroatoms. The Hall–Kier alpha value is -2.55. The quantitative estimate of drug-likeness (QED) is 0.825. The van der Waals surface area contributed by atoms with Crippen LogP contribution < -0.4 is 9.64 Å². The second-order valence-corrected chi connectivity index (χ2v) is 6.50. The van der Waals surface area contributed by atoms with Crippen molar-refractivity contribution in [3.05, 3.63) is 64.2 Å². The highest BCUT2D eigenvalue weighted by Crippen LogP contribution is 2.31. The Labute approximate surface area is 143 Å². The highest BCUT2D eigenvalue weighted by atomic mass is 16.5. The normalized spacial score (nSPS) is 12.8. The molecule has 0 spiro atoms. The molecule has 0 bridgehead atoms. The summed E-state index contributed by atoms with van der Waals surface area (Å²) in [4.78, 5) is 14.8. The lowest BCUT2D eigenvalue weighted by Crippen LogP contribution is -2.28. The molecule has 1 aliphatic rings. The molecule has 1 heterocycles. The molecular formula is C21H23NO2. The number of ether oxygens (including phenoxy) is 1. The molecule has 0 unspecified atom stereocenters. The van der Waals surface area contributed by atoms with Gasteiger partial charge in [-0.05, 0) is 74.2 Å². The molecule has 24 heavy (non-hydrogen) atoms. The predicted octanol–water partition coefficient (Wildman–Crippen LogP) is 4.63. The van der Waals surface area contributed by atoms with Crippen molar-refractivity contribution < 1.29 is 9.53 Å². The number of rotatable bonds is 3. The van der Waals surface area contributed by atoms with Crippen LogP contribution in [0.2, 0.25) is 0 Å². The molecule has 0 saturated carbocycles. The maximum atomic E-state index is 12.9. The molecule has 0 aromatic heterocycles. The fourth-order valence-corrected chi connectivity index (χ4v) is 3.22. The van der Waals surface area contributed by atoms with Crippen molar-refractivity contribution in [3.8, 4) is 5.75 Å². The van der Waals surface area contributed by atoms with Crippen molar-refractivity contribution in [2.24, 2.45) is 0 Å². The lowest BCUT2D eigenvalue weighted by molar-refractivity contribution is 0.0989. The Morgan fingerprint density at radius 2 is 1.96 bits per heavy atom. The molecule has 1 aliphatic heterocycles. The fourth-order valence-electron chi connectivity index (χ4n) is 3.22. The van der Waals surface area contributed by atoms with Gasteiger partial charge in [-0.3, -0.25) is 4.79 Å². The monoisotopic (exact) mass is 321 g/mol. The summed E-state index contributed by atoms with van der Waals surface area (Å²) >= 11 is 0. The van der Waals surface area contributed by atoms with Crippen LogP contribution in [0.1, 0.15) is 40.9 Å². The lowest BCUT2D eigenvalue weighted by Gasteiger charge is -2.18. The minimum atomic E-state index is 0.0504. The van der Waals surface area contributed by atoms with Crippen LogP contribution in [0.3, 0.4) is 0 Å². The number of benzene rings is 2. The summed E-state index contributed by atoms with van der Waals surface area (Å²) in [6.45, 7) is 6.88. The highest BCUT2D eigenvalue weighted by molar-refractivity contribution is 6.07. The maximum absolute atomic E-state index is 12.9. The highest BCUT2D eigenvalue weighted by Gasteiger charge is 2.25. The Bertz CT molecular complexity index is 817. The summed E-state index contributed by atoms with van der Waals surface area (Å²) in [5.74, 6) is 0.856. The third-order valence-corrected chi connectivity index (χ3v) is 4.34. The molecule has 0 saturated heterocycles. The zero-order valence-electron chi connectivity index (χ0n) is 14.7. The first-order valence-electron chi connectivity index (χ1n) is 8.24. The number of anilines is 1. The number of fused-ring (bicyclic) bond motifs is 1. The number of hydrogen-bond acceptors (Lipinski definition) is 2. The lowest BCUT2D eigenvalue weighted by atomic mass is 10.1. The SMILES string of the molecule is COc1ccc(C(=O)N2CCc3cc(C=C(C)C)ccc32)cc1C. The Kier molecular flexibility index (Phi) is 4.43. The number of nitrogens with zero attached hydrogens (tertiary/aromatic N) is 1. The maximum Gasteiger partial charge on any atom is 0.258 e. The summed E-state index contributed by atoms with van der Waals surface area (Å²) in [5.41, 5.74) is 6.41. The summed E-state index contributed by atoms with van der Waals surface area (Å²) in [7, 11) is 1.64. The van der Waals surface area contributed by atoms with Crippen molar-refractivity contribution in [1.82, 2.24) is 0 Å². The standard InChI is InChI=1S/C21H23NO2/c1-14(2)11-16-5-7-19-17(13-16)9-10-22(19)21(23)18-6-8-20(24-4)15(3)12-18/h5-8,11-13H,9-10H2,1-4H3.